The summed E-state index contributed by atoms with van der Waals surface area (Å²) in [5.41, 5.74) is 9.69. The van der Waals surface area contributed by atoms with E-state index in [-0.39, 0.29) is 0 Å². The maximum absolute atomic E-state index is 6.63. The molecule has 1 aromatic heterocycles. The minimum Gasteiger partial charge on any atom is -0.454 e. The normalized spacial score (nSPS) is 11.7. The fourth-order valence-electron chi connectivity index (χ4n) is 8.50. The van der Waals surface area contributed by atoms with Gasteiger partial charge in [0.25, 0.3) is 0 Å². The van der Waals surface area contributed by atoms with E-state index < -0.39 is 0 Å². The van der Waals surface area contributed by atoms with Crippen molar-refractivity contribution >= 4 is 82.1 Å². The van der Waals surface area contributed by atoms with Crippen LogP contribution >= 0.6 is 0 Å². The molecule has 10 aromatic carbocycles. The van der Waals surface area contributed by atoms with Crippen LogP contribution in [0.4, 0.5) is 17.1 Å². The van der Waals surface area contributed by atoms with Crippen LogP contribution in [0.3, 0.4) is 0 Å². The molecule has 0 amide bonds. The Bertz CT molecular complexity index is 3200. The highest BCUT2D eigenvalue weighted by Gasteiger charge is 2.20. The number of hydrogen-bond acceptors (Lipinski definition) is 2. The quantitative estimate of drug-likeness (QED) is 0.168. The standard InChI is InChI=1S/C52H33NO/c1-4-15-41-34(11-1)14-9-19-42(41)36-23-28-39(29-24-36)53(49-21-10-20-47-45-18-7-8-22-50(45)54-52(47)49)40-30-25-37(26-31-40)48-33-38-13-3-5-16-43(38)46-32-27-35-12-2-6-17-44(35)51(46)48/h1-33H. The van der Waals surface area contributed by atoms with Gasteiger partial charge in [-0.2, -0.15) is 0 Å². The topological polar surface area (TPSA) is 16.4 Å². The predicted molar refractivity (Wildman–Crippen MR) is 229 cm³/mol. The van der Waals surface area contributed by atoms with Gasteiger partial charge in [0.1, 0.15) is 5.58 Å². The number of anilines is 3. The Morgan fingerprint density at radius 2 is 0.889 bits per heavy atom. The van der Waals surface area contributed by atoms with E-state index in [0.29, 0.717) is 0 Å². The van der Waals surface area contributed by atoms with Crippen LogP contribution in [0.5, 0.6) is 0 Å². The zero-order valence-corrected chi connectivity index (χ0v) is 29.4. The third-order valence-electron chi connectivity index (χ3n) is 11.0. The van der Waals surface area contributed by atoms with Crippen LogP contribution in [0.25, 0.3) is 87.3 Å². The van der Waals surface area contributed by atoms with Crippen LogP contribution in [0.2, 0.25) is 0 Å². The van der Waals surface area contributed by atoms with Crippen LogP contribution in [-0.2, 0) is 0 Å². The van der Waals surface area contributed by atoms with Crippen molar-refractivity contribution in [1.29, 1.82) is 0 Å². The van der Waals surface area contributed by atoms with E-state index in [2.05, 4.69) is 199 Å². The van der Waals surface area contributed by atoms with E-state index in [1.807, 2.05) is 6.07 Å². The van der Waals surface area contributed by atoms with Crippen LogP contribution in [-0.4, -0.2) is 0 Å². The van der Waals surface area contributed by atoms with Crippen LogP contribution in [0.1, 0.15) is 0 Å². The summed E-state index contributed by atoms with van der Waals surface area (Å²) in [6.07, 6.45) is 0. The molecule has 0 N–H and O–H groups in total. The average Bonchev–Trinajstić information content (AvgIpc) is 3.63. The second-order valence-electron chi connectivity index (χ2n) is 14.1. The molecular formula is C52H33NO. The highest BCUT2D eigenvalue weighted by Crippen LogP contribution is 2.44. The summed E-state index contributed by atoms with van der Waals surface area (Å²) >= 11 is 0. The van der Waals surface area contributed by atoms with Crippen LogP contribution in [0, 0.1) is 0 Å². The number of benzene rings is 10. The van der Waals surface area contributed by atoms with Gasteiger partial charge in [0.2, 0.25) is 0 Å². The lowest BCUT2D eigenvalue weighted by Gasteiger charge is -2.26. The van der Waals surface area contributed by atoms with E-state index in [0.717, 1.165) is 39.0 Å². The first-order valence-corrected chi connectivity index (χ1v) is 18.5. The molecule has 0 spiro atoms. The van der Waals surface area contributed by atoms with Gasteiger partial charge in [0.15, 0.2) is 5.58 Å². The molecule has 0 atom stereocenters. The molecule has 0 aliphatic heterocycles. The van der Waals surface area contributed by atoms with Gasteiger partial charge in [-0.3, -0.25) is 0 Å². The van der Waals surface area contributed by atoms with Gasteiger partial charge in [-0.15, -0.1) is 0 Å². The Morgan fingerprint density at radius 3 is 1.65 bits per heavy atom. The van der Waals surface area contributed by atoms with Crippen molar-refractivity contribution in [2.24, 2.45) is 0 Å². The Labute approximate surface area is 312 Å². The molecule has 0 fully saturated rings. The van der Waals surface area contributed by atoms with Gasteiger partial charge in [-0.05, 0) is 108 Å². The molecule has 0 aliphatic rings. The van der Waals surface area contributed by atoms with Crippen molar-refractivity contribution in [3.63, 3.8) is 0 Å². The lowest BCUT2D eigenvalue weighted by molar-refractivity contribution is 0.669. The zero-order chi connectivity index (χ0) is 35.6. The number of fused-ring (bicyclic) bond motifs is 9. The third kappa shape index (κ3) is 4.81. The second kappa shape index (κ2) is 12.2. The van der Waals surface area contributed by atoms with Gasteiger partial charge in [0, 0.05) is 22.1 Å². The highest BCUT2D eigenvalue weighted by molar-refractivity contribution is 6.23. The Kier molecular flexibility index (Phi) is 6.90. The third-order valence-corrected chi connectivity index (χ3v) is 11.0. The van der Waals surface area contributed by atoms with Gasteiger partial charge in [-0.1, -0.05) is 158 Å². The molecule has 2 nitrogen and oxygen atoms in total. The average molecular weight is 688 g/mol. The van der Waals surface area contributed by atoms with Crippen molar-refractivity contribution in [3.05, 3.63) is 200 Å². The fourth-order valence-corrected chi connectivity index (χ4v) is 8.50. The molecule has 0 saturated carbocycles. The van der Waals surface area contributed by atoms with Gasteiger partial charge in [-0.25, -0.2) is 0 Å². The molecule has 11 aromatic rings. The van der Waals surface area contributed by atoms with Crippen LogP contribution in [0.15, 0.2) is 205 Å². The largest absolute Gasteiger partial charge is 0.454 e. The van der Waals surface area contributed by atoms with Crippen molar-refractivity contribution in [2.75, 3.05) is 4.90 Å². The molecule has 0 saturated heterocycles. The Hall–Kier alpha value is -7.16. The van der Waals surface area contributed by atoms with E-state index in [4.69, 9.17) is 4.42 Å². The fraction of sp³-hybridized carbons (Fsp3) is 0. The van der Waals surface area contributed by atoms with E-state index in [1.54, 1.807) is 0 Å². The Balaban J connectivity index is 1.09. The van der Waals surface area contributed by atoms with Crippen molar-refractivity contribution < 1.29 is 4.42 Å². The predicted octanol–water partition coefficient (Wildman–Crippen LogP) is 15.0. The summed E-state index contributed by atoms with van der Waals surface area (Å²) in [6.45, 7) is 0. The molecule has 2 heteroatoms. The molecule has 11 rings (SSSR count). The maximum atomic E-state index is 6.63. The SMILES string of the molecule is c1ccc2c(-c3ccc(N(c4ccc(-c5cc6ccccc6c6ccc7ccccc7c56)cc4)c4cccc5c4oc4ccccc45)cc3)cccc2c1. The van der Waals surface area contributed by atoms with Crippen molar-refractivity contribution in [1.82, 2.24) is 0 Å². The first kappa shape index (κ1) is 30.5. The summed E-state index contributed by atoms with van der Waals surface area (Å²) < 4.78 is 6.63. The summed E-state index contributed by atoms with van der Waals surface area (Å²) in [7, 11) is 0. The maximum Gasteiger partial charge on any atom is 0.159 e. The number of furan rings is 1. The zero-order valence-electron chi connectivity index (χ0n) is 29.4. The van der Waals surface area contributed by atoms with E-state index >= 15 is 0 Å². The molecule has 0 bridgehead atoms. The first-order chi connectivity index (χ1) is 26.8. The molecular weight excluding hydrogens is 655 g/mol. The minimum absolute atomic E-state index is 0.868. The lowest BCUT2D eigenvalue weighted by Crippen LogP contribution is -2.10. The molecule has 252 valence electrons. The first-order valence-electron chi connectivity index (χ1n) is 18.5. The smallest absolute Gasteiger partial charge is 0.159 e. The highest BCUT2D eigenvalue weighted by atomic mass is 16.3. The molecule has 1 heterocycles. The van der Waals surface area contributed by atoms with Gasteiger partial charge >= 0.3 is 0 Å². The summed E-state index contributed by atoms with van der Waals surface area (Å²) in [6, 6.07) is 72.2. The van der Waals surface area contributed by atoms with Gasteiger partial charge < -0.3 is 9.32 Å². The van der Waals surface area contributed by atoms with Crippen LogP contribution < -0.4 is 4.90 Å². The van der Waals surface area contributed by atoms with E-state index in [9.17, 15) is 0 Å². The number of para-hydroxylation sites is 2. The number of hydrogen-bond donors (Lipinski definition) is 0. The number of rotatable bonds is 5. The van der Waals surface area contributed by atoms with E-state index in [1.165, 1.54) is 65.3 Å². The summed E-state index contributed by atoms with van der Waals surface area (Å²) in [4.78, 5) is 2.33. The van der Waals surface area contributed by atoms with Crippen molar-refractivity contribution in [2.45, 2.75) is 0 Å². The summed E-state index contributed by atoms with van der Waals surface area (Å²) in [5, 5.41) is 12.3. The molecule has 54 heavy (non-hydrogen) atoms. The second-order valence-corrected chi connectivity index (χ2v) is 14.1. The number of nitrogens with zero attached hydrogens (tertiary/aromatic N) is 1. The van der Waals surface area contributed by atoms with Gasteiger partial charge in [0.05, 0.1) is 5.69 Å². The molecule has 0 radical (unpaired) electrons. The molecule has 0 unspecified atom stereocenters. The Morgan fingerprint density at radius 1 is 0.333 bits per heavy atom. The lowest BCUT2D eigenvalue weighted by atomic mass is 9.90. The summed E-state index contributed by atoms with van der Waals surface area (Å²) in [5.74, 6) is 0. The molecule has 0 aliphatic carbocycles. The minimum atomic E-state index is 0.868. The van der Waals surface area contributed by atoms with Crippen molar-refractivity contribution in [3.8, 4) is 22.3 Å². The monoisotopic (exact) mass is 687 g/mol.